The highest BCUT2D eigenvalue weighted by Gasteiger charge is 2.25. The van der Waals surface area contributed by atoms with Gasteiger partial charge in [-0.15, -0.1) is 10.2 Å². The zero-order valence-electron chi connectivity index (χ0n) is 18.9. The van der Waals surface area contributed by atoms with Crippen LogP contribution in [-0.4, -0.2) is 61.7 Å². The van der Waals surface area contributed by atoms with Crippen LogP contribution in [-0.2, 0) is 6.54 Å². The van der Waals surface area contributed by atoms with Crippen molar-refractivity contribution in [3.63, 3.8) is 0 Å². The van der Waals surface area contributed by atoms with Crippen LogP contribution in [0.1, 0.15) is 29.9 Å². The number of aliphatic imine (C=N–C) groups is 1. The first-order valence-corrected chi connectivity index (χ1v) is 11.7. The van der Waals surface area contributed by atoms with Gasteiger partial charge in [0, 0.05) is 50.3 Å². The summed E-state index contributed by atoms with van der Waals surface area (Å²) >= 11 is 6.24. The molecule has 34 heavy (non-hydrogen) atoms. The van der Waals surface area contributed by atoms with Crippen LogP contribution in [0.15, 0.2) is 47.5 Å². The average Bonchev–Trinajstić information content (AvgIpc) is 3.35. The zero-order valence-corrected chi connectivity index (χ0v) is 19.7. The van der Waals surface area contributed by atoms with Gasteiger partial charge in [-0.25, -0.2) is 0 Å². The Labute approximate surface area is 202 Å². The van der Waals surface area contributed by atoms with E-state index in [1.807, 2.05) is 60.0 Å². The Hall–Kier alpha value is -3.54. The lowest BCUT2D eigenvalue weighted by molar-refractivity contribution is 0.156. The van der Waals surface area contributed by atoms with E-state index in [9.17, 15) is 0 Å². The molecule has 0 aliphatic carbocycles. The minimum absolute atomic E-state index is 0.253. The normalized spacial score (nSPS) is 14.7. The number of benzene rings is 1. The van der Waals surface area contributed by atoms with E-state index in [-0.39, 0.29) is 6.04 Å². The zero-order chi connectivity index (χ0) is 23.7. The molecule has 1 saturated heterocycles. The van der Waals surface area contributed by atoms with Crippen LogP contribution in [0, 0.1) is 23.7 Å². The summed E-state index contributed by atoms with van der Waals surface area (Å²) in [5, 5.41) is 26.7. The van der Waals surface area contributed by atoms with Crippen LogP contribution in [0.3, 0.4) is 0 Å². The van der Waals surface area contributed by atoms with Gasteiger partial charge in [0.05, 0.1) is 34.6 Å². The second kappa shape index (κ2) is 9.37. The maximum absolute atomic E-state index is 8.86. The summed E-state index contributed by atoms with van der Waals surface area (Å²) < 4.78 is 4.18. The Balaban J connectivity index is 1.43. The molecular formula is C25H25ClN8. The number of pyridine rings is 1. The highest BCUT2D eigenvalue weighted by Crippen LogP contribution is 2.25. The molecule has 1 aliphatic rings. The van der Waals surface area contributed by atoms with E-state index in [0.717, 1.165) is 53.4 Å². The molecule has 1 fully saturated rings. The number of hydrogen-bond donors (Lipinski definition) is 1. The minimum Gasteiger partial charge on any atom is -0.334 e. The first-order chi connectivity index (χ1) is 16.5. The van der Waals surface area contributed by atoms with E-state index < -0.39 is 0 Å². The number of fused-ring (bicyclic) bond motifs is 3. The lowest BCUT2D eigenvalue weighted by Gasteiger charge is -2.36. The topological polar surface area (TPSA) is 98.4 Å². The maximum Gasteiger partial charge on any atom is 0.161 e. The number of nitrogens with zero attached hydrogens (tertiary/aromatic N) is 7. The first-order valence-electron chi connectivity index (χ1n) is 11.3. The second-order valence-electron chi connectivity index (χ2n) is 8.63. The van der Waals surface area contributed by atoms with Gasteiger partial charge in [-0.1, -0.05) is 23.7 Å². The summed E-state index contributed by atoms with van der Waals surface area (Å²) in [6.07, 6.45) is 2.86. The Morgan fingerprint density at radius 2 is 2.09 bits per heavy atom. The lowest BCUT2D eigenvalue weighted by atomic mass is 10.1. The molecule has 1 aromatic carbocycles. The van der Waals surface area contributed by atoms with Crippen LogP contribution in [0.2, 0.25) is 5.02 Å². The van der Waals surface area contributed by atoms with E-state index in [2.05, 4.69) is 30.7 Å². The molecule has 4 aromatic rings. The third-order valence-electron chi connectivity index (χ3n) is 6.23. The van der Waals surface area contributed by atoms with Gasteiger partial charge in [0.2, 0.25) is 0 Å². The SMILES string of the molecule is Cc1nnc2ccc3c(cc(C(=N)CC=NC4CN(CCC#N)C4)n3Cc3cccc(Cl)c3)n12. The summed E-state index contributed by atoms with van der Waals surface area (Å²) in [5.41, 5.74) is 5.19. The Morgan fingerprint density at radius 1 is 1.24 bits per heavy atom. The number of rotatable bonds is 8. The molecule has 9 heteroatoms. The fraction of sp³-hybridized carbons (Fsp3) is 0.320. The third-order valence-corrected chi connectivity index (χ3v) is 6.46. The van der Waals surface area contributed by atoms with Crippen molar-refractivity contribution in [1.29, 1.82) is 10.7 Å². The molecule has 4 heterocycles. The van der Waals surface area contributed by atoms with Gasteiger partial charge in [-0.2, -0.15) is 5.26 Å². The third kappa shape index (κ3) is 4.32. The van der Waals surface area contributed by atoms with Crippen molar-refractivity contribution in [2.45, 2.75) is 32.4 Å². The van der Waals surface area contributed by atoms with Crippen molar-refractivity contribution in [3.05, 3.63) is 64.6 Å². The predicted molar refractivity (Wildman–Crippen MR) is 134 cm³/mol. The first kappa shape index (κ1) is 22.3. The molecular weight excluding hydrogens is 448 g/mol. The lowest BCUT2D eigenvalue weighted by Crippen LogP contribution is -2.49. The molecule has 8 nitrogen and oxygen atoms in total. The summed E-state index contributed by atoms with van der Waals surface area (Å²) in [5.74, 6) is 0.811. The van der Waals surface area contributed by atoms with Gasteiger partial charge in [0.15, 0.2) is 5.65 Å². The molecule has 3 aromatic heterocycles. The van der Waals surface area contributed by atoms with Gasteiger partial charge >= 0.3 is 0 Å². The molecule has 0 atom stereocenters. The predicted octanol–water partition coefficient (Wildman–Crippen LogP) is 4.12. The van der Waals surface area contributed by atoms with Crippen molar-refractivity contribution in [2.24, 2.45) is 4.99 Å². The van der Waals surface area contributed by atoms with E-state index in [0.29, 0.717) is 30.1 Å². The van der Waals surface area contributed by atoms with Gasteiger partial charge in [-0.3, -0.25) is 14.3 Å². The van der Waals surface area contributed by atoms with Gasteiger partial charge in [0.1, 0.15) is 5.82 Å². The molecule has 0 amide bonds. The number of aryl methyl sites for hydroxylation is 1. The maximum atomic E-state index is 8.86. The van der Waals surface area contributed by atoms with Crippen molar-refractivity contribution in [2.75, 3.05) is 19.6 Å². The molecule has 5 rings (SSSR count). The molecule has 1 aliphatic heterocycles. The van der Waals surface area contributed by atoms with Crippen LogP contribution >= 0.6 is 11.6 Å². The molecule has 172 valence electrons. The van der Waals surface area contributed by atoms with E-state index >= 15 is 0 Å². The van der Waals surface area contributed by atoms with Crippen LogP contribution < -0.4 is 0 Å². The molecule has 1 N–H and O–H groups in total. The number of nitrogens with one attached hydrogen (secondary N) is 1. The molecule has 0 saturated carbocycles. The largest absolute Gasteiger partial charge is 0.334 e. The standard InChI is InChI=1S/C25H25ClN8/c1-17-30-31-25-7-6-22-24(34(17)25)13-23(33(22)14-18-4-2-5-19(26)12-18)21(28)8-10-29-20-15-32(16-20)11-3-9-27/h2,4-7,10,12-13,20,28H,3,8,11,14-16H2,1H3. The van der Waals surface area contributed by atoms with Gasteiger partial charge in [-0.05, 0) is 42.8 Å². The summed E-state index contributed by atoms with van der Waals surface area (Å²) in [6, 6.07) is 16.3. The molecule has 0 spiro atoms. The minimum atomic E-state index is 0.253. The summed E-state index contributed by atoms with van der Waals surface area (Å²) in [6.45, 7) is 5.10. The van der Waals surface area contributed by atoms with Crippen LogP contribution in [0.4, 0.5) is 0 Å². The summed E-state index contributed by atoms with van der Waals surface area (Å²) in [7, 11) is 0. The van der Waals surface area contributed by atoms with Crippen molar-refractivity contribution in [1.82, 2.24) is 24.1 Å². The number of nitriles is 1. The fourth-order valence-corrected chi connectivity index (χ4v) is 4.72. The van der Waals surface area contributed by atoms with Gasteiger partial charge < -0.3 is 9.98 Å². The summed E-state index contributed by atoms with van der Waals surface area (Å²) in [4.78, 5) is 6.87. The molecule has 0 radical (unpaired) electrons. The smallest absolute Gasteiger partial charge is 0.161 e. The van der Waals surface area contributed by atoms with Crippen molar-refractivity contribution in [3.8, 4) is 6.07 Å². The quantitative estimate of drug-likeness (QED) is 0.390. The Bertz CT molecular complexity index is 1430. The number of hydrogen-bond acceptors (Lipinski definition) is 6. The average molecular weight is 473 g/mol. The van der Waals surface area contributed by atoms with Gasteiger partial charge in [0.25, 0.3) is 0 Å². The number of aromatic nitrogens is 4. The van der Waals surface area contributed by atoms with E-state index in [1.54, 1.807) is 0 Å². The fourth-order valence-electron chi connectivity index (χ4n) is 4.51. The molecule has 0 bridgehead atoms. The monoisotopic (exact) mass is 472 g/mol. The van der Waals surface area contributed by atoms with E-state index in [1.165, 1.54) is 0 Å². The van der Waals surface area contributed by atoms with E-state index in [4.69, 9.17) is 22.3 Å². The highest BCUT2D eigenvalue weighted by atomic mass is 35.5. The Morgan fingerprint density at radius 3 is 2.88 bits per heavy atom. The van der Waals surface area contributed by atoms with Crippen molar-refractivity contribution < 1.29 is 0 Å². The number of halogens is 1. The highest BCUT2D eigenvalue weighted by molar-refractivity contribution is 6.30. The van der Waals surface area contributed by atoms with Crippen molar-refractivity contribution >= 4 is 40.2 Å². The van der Waals surface area contributed by atoms with Crippen LogP contribution in [0.25, 0.3) is 16.7 Å². The second-order valence-corrected chi connectivity index (χ2v) is 9.06. The molecule has 0 unspecified atom stereocenters. The Kier molecular flexibility index (Phi) is 6.14. The van der Waals surface area contributed by atoms with Crippen LogP contribution in [0.5, 0.6) is 0 Å². The number of likely N-dealkylation sites (tertiary alicyclic amines) is 1.